The first-order valence-electron chi connectivity index (χ1n) is 28.1. The molecule has 0 saturated carbocycles. The van der Waals surface area contributed by atoms with Crippen molar-refractivity contribution in [2.45, 2.75) is 245 Å². The number of ether oxygens (including phenoxy) is 4. The molecule has 9 nitrogen and oxygen atoms in total. The number of nitrogens with zero attached hydrogens (tertiary/aromatic N) is 1. The average molecular weight is 968 g/mol. The number of hydrogen-bond acceptors (Lipinski definition) is 8. The van der Waals surface area contributed by atoms with Crippen LogP contribution < -0.4 is 5.11 Å². The van der Waals surface area contributed by atoms with Crippen LogP contribution in [0.3, 0.4) is 0 Å². The van der Waals surface area contributed by atoms with E-state index in [9.17, 15) is 19.5 Å². The molecular weight excluding hydrogens is 863 g/mol. The van der Waals surface area contributed by atoms with Gasteiger partial charge in [0, 0.05) is 12.8 Å². The smallest absolute Gasteiger partial charge is 0.306 e. The van der Waals surface area contributed by atoms with E-state index >= 15 is 0 Å². The number of hydrogen-bond donors (Lipinski definition) is 0. The lowest BCUT2D eigenvalue weighted by atomic mass is 10.0. The number of esters is 2. The number of allylic oxidation sites excluding steroid dienone is 12. The van der Waals surface area contributed by atoms with E-state index in [0.717, 1.165) is 83.5 Å². The lowest BCUT2D eigenvalue weighted by Gasteiger charge is -2.26. The van der Waals surface area contributed by atoms with Crippen LogP contribution in [0.4, 0.5) is 0 Å². The van der Waals surface area contributed by atoms with Gasteiger partial charge >= 0.3 is 11.9 Å². The predicted molar refractivity (Wildman–Crippen MR) is 288 cm³/mol. The number of likely N-dealkylation sites (N-methyl/N-ethyl adjacent to an activating group) is 1. The number of rotatable bonds is 51. The molecule has 0 fully saturated rings. The molecule has 0 N–H and O–H groups in total. The Hall–Kier alpha value is -3.27. The van der Waals surface area contributed by atoms with Gasteiger partial charge in [0.05, 0.1) is 40.3 Å². The van der Waals surface area contributed by atoms with Crippen molar-refractivity contribution in [1.82, 2.24) is 0 Å². The number of carbonyl (C=O) groups is 3. The van der Waals surface area contributed by atoms with E-state index in [-0.39, 0.29) is 32.2 Å². The van der Waals surface area contributed by atoms with E-state index in [2.05, 4.69) is 86.8 Å². The zero-order valence-corrected chi connectivity index (χ0v) is 45.2. The molecular formula is C60H105NO8. The highest BCUT2D eigenvalue weighted by Crippen LogP contribution is 2.16. The molecule has 9 heteroatoms. The largest absolute Gasteiger partial charge is 0.545 e. The molecule has 0 aliphatic carbocycles. The first-order valence-corrected chi connectivity index (χ1v) is 28.1. The maximum atomic E-state index is 12.8. The van der Waals surface area contributed by atoms with Crippen LogP contribution in [0.1, 0.15) is 232 Å². The lowest BCUT2D eigenvalue weighted by molar-refractivity contribution is -0.870. The highest BCUT2D eigenvalue weighted by atomic mass is 16.7. The molecule has 0 aromatic heterocycles. The Kier molecular flexibility index (Phi) is 48.7. The third-order valence-electron chi connectivity index (χ3n) is 12.0. The quantitative estimate of drug-likeness (QED) is 0.0195. The number of aliphatic carboxylic acids is 1. The molecule has 0 aliphatic rings. The normalized spacial score (nSPS) is 13.3. The molecule has 0 radical (unpaired) electrons. The maximum Gasteiger partial charge on any atom is 0.306 e. The van der Waals surface area contributed by atoms with E-state index in [0.29, 0.717) is 23.9 Å². The van der Waals surface area contributed by atoms with E-state index in [1.54, 1.807) is 0 Å². The molecule has 2 unspecified atom stereocenters. The number of carboxylic acids is 1. The Morgan fingerprint density at radius 2 is 0.826 bits per heavy atom. The van der Waals surface area contributed by atoms with Crippen LogP contribution in [-0.2, 0) is 33.3 Å². The number of quaternary nitrogens is 1. The van der Waals surface area contributed by atoms with E-state index < -0.39 is 24.3 Å². The Balaban J connectivity index is 4.24. The molecule has 0 saturated heterocycles. The minimum absolute atomic E-state index is 0.145. The second-order valence-corrected chi connectivity index (χ2v) is 19.9. The molecule has 0 spiro atoms. The van der Waals surface area contributed by atoms with Crippen molar-refractivity contribution in [3.8, 4) is 0 Å². The van der Waals surface area contributed by atoms with Gasteiger partial charge in [0.2, 0.25) is 0 Å². The van der Waals surface area contributed by atoms with Gasteiger partial charge in [0.1, 0.15) is 13.2 Å². The fraction of sp³-hybridized carbons (Fsp3) is 0.750. The van der Waals surface area contributed by atoms with Crippen molar-refractivity contribution >= 4 is 17.9 Å². The van der Waals surface area contributed by atoms with Crippen LogP contribution in [0.5, 0.6) is 0 Å². The van der Waals surface area contributed by atoms with Gasteiger partial charge in [-0.25, -0.2) is 0 Å². The molecule has 0 aromatic carbocycles. The summed E-state index contributed by atoms with van der Waals surface area (Å²) >= 11 is 0. The second-order valence-electron chi connectivity index (χ2n) is 19.9. The predicted octanol–water partition coefficient (Wildman–Crippen LogP) is 14.9. The minimum atomic E-state index is -1.62. The van der Waals surface area contributed by atoms with Crippen LogP contribution in [0.25, 0.3) is 0 Å². The van der Waals surface area contributed by atoms with E-state index in [1.807, 2.05) is 21.1 Å². The van der Waals surface area contributed by atoms with Gasteiger partial charge in [-0.15, -0.1) is 0 Å². The van der Waals surface area contributed by atoms with Crippen molar-refractivity contribution in [3.63, 3.8) is 0 Å². The van der Waals surface area contributed by atoms with Gasteiger partial charge in [-0.05, 0) is 64.2 Å². The van der Waals surface area contributed by atoms with Crippen molar-refractivity contribution in [1.29, 1.82) is 0 Å². The summed E-state index contributed by atoms with van der Waals surface area (Å²) in [5.74, 6) is -2.28. The number of carbonyl (C=O) groups excluding carboxylic acids is 3. The minimum Gasteiger partial charge on any atom is -0.545 e. The summed E-state index contributed by atoms with van der Waals surface area (Å²) < 4.78 is 22.7. The molecule has 398 valence electrons. The first-order chi connectivity index (χ1) is 33.6. The second kappa shape index (κ2) is 51.1. The van der Waals surface area contributed by atoms with Crippen molar-refractivity contribution in [2.75, 3.05) is 47.5 Å². The lowest BCUT2D eigenvalue weighted by Crippen LogP contribution is -2.44. The summed E-state index contributed by atoms with van der Waals surface area (Å²) in [7, 11) is 5.92. The molecule has 0 aromatic rings. The molecule has 0 heterocycles. The van der Waals surface area contributed by atoms with Crippen LogP contribution in [-0.4, -0.2) is 82.3 Å². The monoisotopic (exact) mass is 968 g/mol. The fourth-order valence-electron chi connectivity index (χ4n) is 7.66. The van der Waals surface area contributed by atoms with E-state index in [4.69, 9.17) is 18.9 Å². The molecule has 0 rings (SSSR count). The Labute approximate surface area is 424 Å². The third-order valence-corrected chi connectivity index (χ3v) is 12.0. The van der Waals surface area contributed by atoms with E-state index in [1.165, 1.54) is 116 Å². The standard InChI is InChI=1S/C60H105NO8/c1-6-8-10-12-14-16-18-20-22-23-24-25-26-27-28-29-30-31-32-33-34-35-37-39-41-43-45-47-49-51-58(63)69-56(55-68-60(59(64)65)66-53-52-61(3,4)5)54-67-57(62)50-48-46-44-42-40-38-36-21-19-17-15-13-11-9-7-2/h8,10,14,16,20,22,24-25,27-28,30-31,56,60H,6-7,9,11-13,15,17-19,21,23,26,29,32-55H2,1-5H3/b10-8-,16-14-,22-20-,25-24-,28-27-,31-30-. The van der Waals surface area contributed by atoms with Crippen LogP contribution in [0.15, 0.2) is 72.9 Å². The molecule has 2 atom stereocenters. The van der Waals surface area contributed by atoms with Crippen molar-refractivity contribution < 1.29 is 42.9 Å². The Morgan fingerprint density at radius 1 is 0.449 bits per heavy atom. The summed E-state index contributed by atoms with van der Waals surface area (Å²) in [6.45, 7) is 4.64. The first kappa shape index (κ1) is 65.7. The third kappa shape index (κ3) is 52.4. The van der Waals surface area contributed by atoms with Gasteiger partial charge in [-0.3, -0.25) is 9.59 Å². The molecule has 0 aliphatic heterocycles. The van der Waals surface area contributed by atoms with Crippen LogP contribution in [0.2, 0.25) is 0 Å². The van der Waals surface area contributed by atoms with Crippen LogP contribution >= 0.6 is 0 Å². The van der Waals surface area contributed by atoms with Gasteiger partial charge in [-0.2, -0.15) is 0 Å². The molecule has 0 bridgehead atoms. The highest BCUT2D eigenvalue weighted by molar-refractivity contribution is 5.70. The van der Waals surface area contributed by atoms with Gasteiger partial charge in [0.15, 0.2) is 12.4 Å². The van der Waals surface area contributed by atoms with Crippen molar-refractivity contribution in [2.24, 2.45) is 0 Å². The summed E-state index contributed by atoms with van der Waals surface area (Å²) in [6, 6.07) is 0. The number of carboxylic acid groups (broad SMARTS) is 1. The highest BCUT2D eigenvalue weighted by Gasteiger charge is 2.22. The van der Waals surface area contributed by atoms with Gasteiger partial charge < -0.3 is 33.3 Å². The van der Waals surface area contributed by atoms with Crippen LogP contribution in [0, 0.1) is 0 Å². The average Bonchev–Trinajstić information content (AvgIpc) is 3.31. The Morgan fingerprint density at radius 3 is 1.23 bits per heavy atom. The topological polar surface area (TPSA) is 111 Å². The summed E-state index contributed by atoms with van der Waals surface area (Å²) in [4.78, 5) is 37.2. The maximum absolute atomic E-state index is 12.8. The van der Waals surface area contributed by atoms with Gasteiger partial charge in [0.25, 0.3) is 0 Å². The zero-order chi connectivity index (χ0) is 50.6. The molecule has 69 heavy (non-hydrogen) atoms. The molecule has 0 amide bonds. The fourth-order valence-corrected chi connectivity index (χ4v) is 7.66. The zero-order valence-electron chi connectivity index (χ0n) is 45.2. The summed E-state index contributed by atoms with van der Waals surface area (Å²) in [6.07, 6.45) is 62.3. The van der Waals surface area contributed by atoms with Crippen molar-refractivity contribution in [3.05, 3.63) is 72.9 Å². The Bertz CT molecular complexity index is 1360. The van der Waals surface area contributed by atoms with Gasteiger partial charge in [-0.1, -0.05) is 228 Å². The summed E-state index contributed by atoms with van der Waals surface area (Å²) in [5.41, 5.74) is 0. The summed E-state index contributed by atoms with van der Waals surface area (Å²) in [5, 5.41) is 11.8. The SMILES string of the molecule is CC/C=C\C/C=C\C/C=C\C/C=C\C/C=C\C/C=C\CCCCCCCCCCCCC(=O)OC(COC(=O)CCCCCCCCCCCCCCCCC)COC(OCC[N+](C)(C)C)C(=O)[O-]. The number of unbranched alkanes of at least 4 members (excludes halogenated alkanes) is 24.